The van der Waals surface area contributed by atoms with Gasteiger partial charge in [0.25, 0.3) is 0 Å². The summed E-state index contributed by atoms with van der Waals surface area (Å²) in [6.07, 6.45) is -9.18. The average molecular weight is 206 g/mol. The lowest BCUT2D eigenvalue weighted by atomic mass is 10.6. The summed E-state index contributed by atoms with van der Waals surface area (Å²) >= 11 is 0. The van der Waals surface area contributed by atoms with Crippen molar-refractivity contribution in [2.45, 2.75) is 19.6 Å². The molecule has 0 saturated carbocycles. The van der Waals surface area contributed by atoms with E-state index in [1.165, 1.54) is 0 Å². The van der Waals surface area contributed by atoms with Gasteiger partial charge in [0.05, 0.1) is 0 Å². The SMILES string of the molecule is CC1=C(OC(F)(F)F)OC(F)(F)O1. The first-order chi connectivity index (χ1) is 5.70. The maximum Gasteiger partial charge on any atom is 0.588 e. The van der Waals surface area contributed by atoms with Gasteiger partial charge < -0.3 is 14.2 Å². The van der Waals surface area contributed by atoms with Crippen LogP contribution in [0.4, 0.5) is 22.0 Å². The van der Waals surface area contributed by atoms with Crippen molar-refractivity contribution in [3.8, 4) is 0 Å². The molecule has 0 N–H and O–H groups in total. The molecule has 8 heteroatoms. The van der Waals surface area contributed by atoms with Crippen molar-refractivity contribution in [1.82, 2.24) is 0 Å². The van der Waals surface area contributed by atoms with Crippen molar-refractivity contribution < 1.29 is 36.2 Å². The molecule has 1 rings (SSSR count). The van der Waals surface area contributed by atoms with E-state index in [1.807, 2.05) is 0 Å². The van der Waals surface area contributed by atoms with Crippen LogP contribution in [0.3, 0.4) is 0 Å². The second-order valence-electron chi connectivity index (χ2n) is 2.06. The van der Waals surface area contributed by atoms with E-state index in [9.17, 15) is 22.0 Å². The molecule has 0 aromatic heterocycles. The van der Waals surface area contributed by atoms with Gasteiger partial charge in [-0.25, -0.2) is 0 Å². The van der Waals surface area contributed by atoms with Crippen molar-refractivity contribution in [2.75, 3.05) is 0 Å². The second-order valence-corrected chi connectivity index (χ2v) is 2.06. The molecule has 0 radical (unpaired) electrons. The number of allylic oxidation sites excluding steroid dienone is 1. The topological polar surface area (TPSA) is 27.7 Å². The fourth-order valence-corrected chi connectivity index (χ4v) is 0.618. The Bertz CT molecular complexity index is 243. The minimum Gasteiger partial charge on any atom is -0.396 e. The molecule has 0 unspecified atom stereocenters. The summed E-state index contributed by atoms with van der Waals surface area (Å²) in [5.74, 6) is -2.14. The molecule has 3 nitrogen and oxygen atoms in total. The summed E-state index contributed by atoms with van der Waals surface area (Å²) in [5, 5.41) is 0. The summed E-state index contributed by atoms with van der Waals surface area (Å²) in [4.78, 5) is 0. The number of alkyl halides is 5. The van der Waals surface area contributed by atoms with Crippen molar-refractivity contribution in [3.05, 3.63) is 11.7 Å². The molecular formula is C5H3F5O3. The predicted molar refractivity (Wildman–Crippen MR) is 27.0 cm³/mol. The maximum absolute atomic E-state index is 12.1. The number of rotatable bonds is 1. The molecule has 76 valence electrons. The molecule has 0 aromatic carbocycles. The molecule has 0 aliphatic carbocycles. The van der Waals surface area contributed by atoms with Gasteiger partial charge in [-0.15, -0.1) is 22.0 Å². The third-order valence-electron chi connectivity index (χ3n) is 0.979. The lowest BCUT2D eigenvalue weighted by Gasteiger charge is -2.09. The second kappa shape index (κ2) is 2.64. The summed E-state index contributed by atoms with van der Waals surface area (Å²) in [6.45, 7) is 0.863. The van der Waals surface area contributed by atoms with Gasteiger partial charge in [-0.3, -0.25) is 0 Å². The smallest absolute Gasteiger partial charge is 0.396 e. The maximum atomic E-state index is 12.1. The van der Waals surface area contributed by atoms with E-state index in [1.54, 1.807) is 0 Å². The van der Waals surface area contributed by atoms with Gasteiger partial charge in [0.2, 0.25) is 0 Å². The first-order valence-electron chi connectivity index (χ1n) is 2.92. The van der Waals surface area contributed by atoms with Crippen LogP contribution in [-0.2, 0) is 14.2 Å². The predicted octanol–water partition coefficient (Wildman–Crippen LogP) is 2.31. The van der Waals surface area contributed by atoms with Crippen LogP contribution in [0.15, 0.2) is 11.7 Å². The number of hydrogen-bond acceptors (Lipinski definition) is 3. The number of halogens is 5. The summed E-state index contributed by atoms with van der Waals surface area (Å²) in [6, 6.07) is 0. The van der Waals surface area contributed by atoms with E-state index in [0.29, 0.717) is 0 Å². The molecule has 0 aromatic rings. The third kappa shape index (κ3) is 2.63. The van der Waals surface area contributed by atoms with Crippen molar-refractivity contribution >= 4 is 0 Å². The molecule has 0 amide bonds. The van der Waals surface area contributed by atoms with Gasteiger partial charge in [0, 0.05) is 6.92 Å². The Labute approximate surface area is 68.7 Å². The highest BCUT2D eigenvalue weighted by Gasteiger charge is 2.48. The molecule has 0 spiro atoms. The zero-order chi connectivity index (χ0) is 10.3. The van der Waals surface area contributed by atoms with Crippen LogP contribution in [0.2, 0.25) is 0 Å². The molecular weight excluding hydrogens is 203 g/mol. The molecule has 1 heterocycles. The lowest BCUT2D eigenvalue weighted by Crippen LogP contribution is -2.19. The van der Waals surface area contributed by atoms with Gasteiger partial charge in [-0.2, -0.15) is 0 Å². The lowest BCUT2D eigenvalue weighted by molar-refractivity contribution is -0.373. The van der Waals surface area contributed by atoms with E-state index in [0.717, 1.165) is 6.92 Å². The minimum absolute atomic E-state index is 0.762. The Morgan fingerprint density at radius 1 is 1.23 bits per heavy atom. The summed E-state index contributed by atoms with van der Waals surface area (Å²) in [5.41, 5.74) is 0. The van der Waals surface area contributed by atoms with E-state index < -0.39 is 24.4 Å². The Morgan fingerprint density at radius 2 is 1.77 bits per heavy atom. The molecule has 13 heavy (non-hydrogen) atoms. The molecule has 0 atom stereocenters. The number of ether oxygens (including phenoxy) is 3. The average Bonchev–Trinajstić information content (AvgIpc) is 2.00. The molecule has 0 bridgehead atoms. The highest BCUT2D eigenvalue weighted by molar-refractivity contribution is 4.96. The summed E-state index contributed by atoms with van der Waals surface area (Å²) in [7, 11) is 0. The molecule has 0 fully saturated rings. The quantitative estimate of drug-likeness (QED) is 0.616. The fourth-order valence-electron chi connectivity index (χ4n) is 0.618. The van der Waals surface area contributed by atoms with Crippen LogP contribution in [0, 0.1) is 0 Å². The van der Waals surface area contributed by atoms with Gasteiger partial charge >= 0.3 is 18.6 Å². The minimum atomic E-state index is -5.08. The van der Waals surface area contributed by atoms with Crippen LogP contribution >= 0.6 is 0 Å². The summed E-state index contributed by atoms with van der Waals surface area (Å²) < 4.78 is 68.8. The monoisotopic (exact) mass is 206 g/mol. The third-order valence-corrected chi connectivity index (χ3v) is 0.979. The van der Waals surface area contributed by atoms with Crippen LogP contribution < -0.4 is 0 Å². The first-order valence-corrected chi connectivity index (χ1v) is 2.92. The number of hydrogen-bond donors (Lipinski definition) is 0. The Balaban J connectivity index is 2.67. The fraction of sp³-hybridized carbons (Fsp3) is 0.600. The van der Waals surface area contributed by atoms with Crippen LogP contribution in [0.25, 0.3) is 0 Å². The largest absolute Gasteiger partial charge is 0.588 e. The van der Waals surface area contributed by atoms with Gasteiger partial charge in [0.15, 0.2) is 5.76 Å². The standard InChI is InChI=1S/C5H3F5O3/c1-2-3(12-4(6,7)8)13-5(9,10)11-2/h1H3. The van der Waals surface area contributed by atoms with Crippen LogP contribution in [0.5, 0.6) is 0 Å². The van der Waals surface area contributed by atoms with E-state index in [2.05, 4.69) is 14.2 Å². The van der Waals surface area contributed by atoms with Crippen molar-refractivity contribution in [3.63, 3.8) is 0 Å². The molecule has 1 aliphatic heterocycles. The van der Waals surface area contributed by atoms with Gasteiger partial charge in [-0.05, 0) is 0 Å². The van der Waals surface area contributed by atoms with Crippen molar-refractivity contribution in [2.24, 2.45) is 0 Å². The highest BCUT2D eigenvalue weighted by atomic mass is 19.4. The van der Waals surface area contributed by atoms with Crippen molar-refractivity contribution in [1.29, 1.82) is 0 Å². The van der Waals surface area contributed by atoms with Crippen LogP contribution in [0.1, 0.15) is 6.92 Å². The zero-order valence-corrected chi connectivity index (χ0v) is 6.11. The molecule has 1 aliphatic rings. The van der Waals surface area contributed by atoms with E-state index in [4.69, 9.17) is 0 Å². The Morgan fingerprint density at radius 3 is 2.08 bits per heavy atom. The highest BCUT2D eigenvalue weighted by Crippen LogP contribution is 2.36. The first kappa shape index (κ1) is 9.87. The van der Waals surface area contributed by atoms with Gasteiger partial charge in [-0.1, -0.05) is 0 Å². The Kier molecular flexibility index (Phi) is 2.01. The van der Waals surface area contributed by atoms with E-state index >= 15 is 0 Å². The Hall–Kier alpha value is -1.21. The zero-order valence-electron chi connectivity index (χ0n) is 6.11. The van der Waals surface area contributed by atoms with Crippen LogP contribution in [-0.4, -0.2) is 12.7 Å². The molecule has 0 saturated heterocycles. The normalized spacial score (nSPS) is 21.1. The van der Waals surface area contributed by atoms with Gasteiger partial charge in [0.1, 0.15) is 0 Å². The van der Waals surface area contributed by atoms with E-state index in [-0.39, 0.29) is 0 Å².